The Morgan fingerprint density at radius 2 is 1.78 bits per heavy atom. The van der Waals surface area contributed by atoms with E-state index >= 15 is 0 Å². The van der Waals surface area contributed by atoms with Crippen LogP contribution < -0.4 is 5.32 Å². The van der Waals surface area contributed by atoms with Gasteiger partial charge in [0.15, 0.2) is 0 Å². The lowest BCUT2D eigenvalue weighted by Crippen LogP contribution is -2.41. The van der Waals surface area contributed by atoms with Crippen molar-refractivity contribution in [3.8, 4) is 10.6 Å². The van der Waals surface area contributed by atoms with E-state index in [1.54, 1.807) is 0 Å². The number of piperidine rings is 2. The van der Waals surface area contributed by atoms with Crippen molar-refractivity contribution in [1.29, 1.82) is 0 Å². The highest BCUT2D eigenvalue weighted by Crippen LogP contribution is 2.30. The van der Waals surface area contributed by atoms with Gasteiger partial charge >= 0.3 is 0 Å². The van der Waals surface area contributed by atoms with Crippen molar-refractivity contribution in [1.82, 2.24) is 20.1 Å². The number of carbonyl (C=O) groups is 2. The zero-order chi connectivity index (χ0) is 22.3. The molecule has 7 heteroatoms. The first kappa shape index (κ1) is 22.9. The number of nitrogens with one attached hydrogen (secondary N) is 1. The van der Waals surface area contributed by atoms with E-state index in [0.717, 1.165) is 60.2 Å². The van der Waals surface area contributed by atoms with Crippen LogP contribution in [0.15, 0.2) is 30.3 Å². The minimum atomic E-state index is 0.0756. The Bertz CT molecular complexity index is 900. The van der Waals surface area contributed by atoms with Gasteiger partial charge in [-0.3, -0.25) is 9.59 Å². The van der Waals surface area contributed by atoms with E-state index in [9.17, 15) is 9.59 Å². The van der Waals surface area contributed by atoms with Crippen LogP contribution in [-0.2, 0) is 4.79 Å². The topological polar surface area (TPSA) is 65.5 Å². The number of nitrogens with zero attached hydrogens (tertiary/aromatic N) is 3. The summed E-state index contributed by atoms with van der Waals surface area (Å²) in [6, 6.07) is 10.0. The first-order chi connectivity index (χ1) is 15.6. The summed E-state index contributed by atoms with van der Waals surface area (Å²) in [5.74, 6) is 0.584. The zero-order valence-corrected chi connectivity index (χ0v) is 19.8. The molecule has 2 fully saturated rings. The molecule has 2 amide bonds. The number of likely N-dealkylation sites (tertiary alicyclic amines) is 2. The molecule has 1 aromatic carbocycles. The van der Waals surface area contributed by atoms with Crippen molar-refractivity contribution < 1.29 is 9.59 Å². The van der Waals surface area contributed by atoms with E-state index in [-0.39, 0.29) is 11.8 Å². The van der Waals surface area contributed by atoms with Crippen molar-refractivity contribution >= 4 is 23.2 Å². The summed E-state index contributed by atoms with van der Waals surface area (Å²) in [6.07, 6.45) is 6.23. The van der Waals surface area contributed by atoms with Gasteiger partial charge < -0.3 is 15.1 Å². The maximum atomic E-state index is 13.1. The van der Waals surface area contributed by atoms with E-state index in [2.05, 4.69) is 15.2 Å². The van der Waals surface area contributed by atoms with Crippen molar-refractivity contribution in [2.24, 2.45) is 5.92 Å². The summed E-state index contributed by atoms with van der Waals surface area (Å²) < 4.78 is 0. The molecule has 0 aliphatic carbocycles. The number of benzene rings is 1. The van der Waals surface area contributed by atoms with Crippen LogP contribution in [0.25, 0.3) is 10.6 Å². The van der Waals surface area contributed by atoms with Crippen LogP contribution in [-0.4, -0.2) is 65.9 Å². The van der Waals surface area contributed by atoms with E-state index in [1.807, 2.05) is 42.2 Å². The molecule has 0 radical (unpaired) electrons. The molecule has 1 N–H and O–H groups in total. The van der Waals surface area contributed by atoms with Gasteiger partial charge in [0.25, 0.3) is 5.91 Å². The van der Waals surface area contributed by atoms with Gasteiger partial charge in [-0.25, -0.2) is 4.98 Å². The molecule has 3 heterocycles. The molecule has 1 aromatic heterocycles. The third-order valence-corrected chi connectivity index (χ3v) is 7.78. The van der Waals surface area contributed by atoms with Crippen LogP contribution >= 0.6 is 11.3 Å². The number of hydrogen-bond acceptors (Lipinski definition) is 5. The molecular weight excluding hydrogens is 420 g/mol. The molecule has 0 bridgehead atoms. The van der Waals surface area contributed by atoms with Crippen molar-refractivity contribution in [3.05, 3.63) is 40.9 Å². The zero-order valence-electron chi connectivity index (χ0n) is 19.0. The average Bonchev–Trinajstić information content (AvgIpc) is 3.22. The second kappa shape index (κ2) is 11.1. The van der Waals surface area contributed by atoms with Crippen molar-refractivity contribution in [2.45, 2.75) is 45.4 Å². The third-order valence-electron chi connectivity index (χ3n) is 6.59. The second-order valence-electron chi connectivity index (χ2n) is 8.99. The van der Waals surface area contributed by atoms with Crippen LogP contribution in [0.4, 0.5) is 0 Å². The first-order valence-corrected chi connectivity index (χ1v) is 12.7. The van der Waals surface area contributed by atoms with Crippen LogP contribution in [0.5, 0.6) is 0 Å². The Labute approximate surface area is 195 Å². The molecule has 0 unspecified atom stereocenters. The number of thiazole rings is 1. The normalized spacial score (nSPS) is 18.0. The summed E-state index contributed by atoms with van der Waals surface area (Å²) in [6.45, 7) is 7.35. The summed E-state index contributed by atoms with van der Waals surface area (Å²) in [7, 11) is 0. The predicted molar refractivity (Wildman–Crippen MR) is 129 cm³/mol. The Hall–Kier alpha value is -2.25. The standard InChI is InChI=1S/C25H34N4O2S/c1-19-23(32-24(27-19)21-8-4-2-5-9-21)25(31)29-15-10-20(11-16-29)18-22(30)26-12-17-28-13-6-3-7-14-28/h2,4-5,8-9,20H,3,6-7,10-18H2,1H3,(H,26,30). The minimum absolute atomic E-state index is 0.0756. The number of aromatic nitrogens is 1. The maximum absolute atomic E-state index is 13.1. The molecule has 4 rings (SSSR count). The van der Waals surface area contributed by atoms with E-state index in [4.69, 9.17) is 0 Å². The number of amides is 2. The average molecular weight is 455 g/mol. The molecule has 2 saturated heterocycles. The Balaban J connectivity index is 1.22. The van der Waals surface area contributed by atoms with Crippen LogP contribution in [0.1, 0.15) is 53.9 Å². The quantitative estimate of drug-likeness (QED) is 0.688. The SMILES string of the molecule is Cc1nc(-c2ccccc2)sc1C(=O)N1CCC(CC(=O)NCCN2CCCCC2)CC1. The smallest absolute Gasteiger partial charge is 0.265 e. The van der Waals surface area contributed by atoms with Gasteiger partial charge in [-0.15, -0.1) is 11.3 Å². The minimum Gasteiger partial charge on any atom is -0.355 e. The van der Waals surface area contributed by atoms with Gasteiger partial charge in [-0.2, -0.15) is 0 Å². The van der Waals surface area contributed by atoms with Crippen LogP contribution in [0.2, 0.25) is 0 Å². The van der Waals surface area contributed by atoms with Gasteiger partial charge in [0.2, 0.25) is 5.91 Å². The van der Waals surface area contributed by atoms with Crippen LogP contribution in [0, 0.1) is 12.8 Å². The Kier molecular flexibility index (Phi) is 7.92. The second-order valence-corrected chi connectivity index (χ2v) is 9.99. The molecule has 32 heavy (non-hydrogen) atoms. The fraction of sp³-hybridized carbons (Fsp3) is 0.560. The molecule has 6 nitrogen and oxygen atoms in total. The third kappa shape index (κ3) is 5.95. The monoisotopic (exact) mass is 454 g/mol. The largest absolute Gasteiger partial charge is 0.355 e. The predicted octanol–water partition coefficient (Wildman–Crippen LogP) is 3.96. The highest BCUT2D eigenvalue weighted by Gasteiger charge is 2.27. The molecule has 0 saturated carbocycles. The molecule has 2 aliphatic heterocycles. The Morgan fingerprint density at radius 3 is 2.50 bits per heavy atom. The Morgan fingerprint density at radius 1 is 1.06 bits per heavy atom. The fourth-order valence-electron chi connectivity index (χ4n) is 4.65. The van der Waals surface area contributed by atoms with Gasteiger partial charge in [0, 0.05) is 38.2 Å². The van der Waals surface area contributed by atoms with Gasteiger partial charge in [0.05, 0.1) is 5.69 Å². The molecule has 0 atom stereocenters. The molecular formula is C25H34N4O2S. The summed E-state index contributed by atoms with van der Waals surface area (Å²) in [4.78, 5) is 35.2. The van der Waals surface area contributed by atoms with Gasteiger partial charge in [0.1, 0.15) is 9.88 Å². The van der Waals surface area contributed by atoms with Crippen molar-refractivity contribution in [2.75, 3.05) is 39.3 Å². The van der Waals surface area contributed by atoms with Crippen LogP contribution in [0.3, 0.4) is 0 Å². The number of carbonyl (C=O) groups excluding carboxylic acids is 2. The molecule has 0 spiro atoms. The lowest BCUT2D eigenvalue weighted by atomic mass is 9.93. The van der Waals surface area contributed by atoms with Gasteiger partial charge in [-0.05, 0) is 51.6 Å². The van der Waals surface area contributed by atoms with Crippen molar-refractivity contribution in [3.63, 3.8) is 0 Å². The first-order valence-electron chi connectivity index (χ1n) is 11.9. The maximum Gasteiger partial charge on any atom is 0.265 e. The summed E-state index contributed by atoms with van der Waals surface area (Å²) in [5.41, 5.74) is 1.85. The summed E-state index contributed by atoms with van der Waals surface area (Å²) in [5, 5.41) is 3.99. The molecule has 2 aromatic rings. The van der Waals surface area contributed by atoms with Gasteiger partial charge in [-0.1, -0.05) is 36.8 Å². The van der Waals surface area contributed by atoms with E-state index in [1.165, 1.54) is 30.6 Å². The molecule has 172 valence electrons. The molecule has 2 aliphatic rings. The highest BCUT2D eigenvalue weighted by atomic mass is 32.1. The number of rotatable bonds is 7. The lowest BCUT2D eigenvalue weighted by Gasteiger charge is -2.31. The lowest BCUT2D eigenvalue weighted by molar-refractivity contribution is -0.122. The van der Waals surface area contributed by atoms with E-state index < -0.39 is 0 Å². The summed E-state index contributed by atoms with van der Waals surface area (Å²) >= 11 is 1.48. The fourth-order valence-corrected chi connectivity index (χ4v) is 5.69. The highest BCUT2D eigenvalue weighted by molar-refractivity contribution is 7.17. The van der Waals surface area contributed by atoms with E-state index in [0.29, 0.717) is 25.4 Å². The number of hydrogen-bond donors (Lipinski definition) is 1. The number of aryl methyl sites for hydroxylation is 1.